The average molecular weight is 629 g/mol. The SMILES string of the molecule is CC1(C)[C@H](C(=O)OC(C#N)c2ccc(F)c(Oc3ccc(Cl)cc3)c2)[C@@H]1C(Br)C(Cl)(Cl)Br. The molecule has 170 valence electrons. The van der Waals surface area contributed by atoms with Crippen LogP contribution in [0.2, 0.25) is 5.02 Å². The van der Waals surface area contributed by atoms with Gasteiger partial charge in [-0.3, -0.25) is 4.79 Å². The summed E-state index contributed by atoms with van der Waals surface area (Å²) in [6.07, 6.45) is -1.25. The monoisotopic (exact) mass is 625 g/mol. The molecule has 0 heterocycles. The van der Waals surface area contributed by atoms with Gasteiger partial charge >= 0.3 is 5.97 Å². The molecule has 2 aromatic rings. The van der Waals surface area contributed by atoms with E-state index in [4.69, 9.17) is 44.3 Å². The van der Waals surface area contributed by atoms with Crippen molar-refractivity contribution in [3.8, 4) is 17.6 Å². The van der Waals surface area contributed by atoms with Crippen LogP contribution in [-0.4, -0.2) is 14.0 Å². The Labute approximate surface area is 217 Å². The Morgan fingerprint density at radius 1 is 1.25 bits per heavy atom. The number of esters is 1. The van der Waals surface area contributed by atoms with E-state index in [0.29, 0.717) is 10.8 Å². The van der Waals surface area contributed by atoms with Gasteiger partial charge in [-0.05, 0) is 63.7 Å². The van der Waals surface area contributed by atoms with E-state index in [9.17, 15) is 14.4 Å². The molecule has 0 spiro atoms. The van der Waals surface area contributed by atoms with E-state index in [-0.39, 0.29) is 17.2 Å². The molecule has 10 heteroatoms. The number of ether oxygens (including phenoxy) is 2. The lowest BCUT2D eigenvalue weighted by atomic mass is 10.1. The van der Waals surface area contributed by atoms with Gasteiger partial charge in [0.1, 0.15) is 11.8 Å². The normalized spacial score (nSPS) is 21.2. The lowest BCUT2D eigenvalue weighted by molar-refractivity contribution is -0.149. The maximum atomic E-state index is 14.3. The quantitative estimate of drug-likeness (QED) is 0.231. The zero-order valence-electron chi connectivity index (χ0n) is 16.8. The first-order chi connectivity index (χ1) is 14.9. The van der Waals surface area contributed by atoms with Crippen molar-refractivity contribution in [3.05, 3.63) is 58.9 Å². The third kappa shape index (κ3) is 5.53. The number of carbonyl (C=O) groups excluding carboxylic acids is 1. The van der Waals surface area contributed by atoms with Crippen LogP contribution in [0.15, 0.2) is 42.5 Å². The molecule has 1 aliphatic carbocycles. The van der Waals surface area contributed by atoms with Crippen molar-refractivity contribution in [2.45, 2.75) is 28.0 Å². The molecule has 3 rings (SSSR count). The Balaban J connectivity index is 1.77. The van der Waals surface area contributed by atoms with Gasteiger partial charge in [-0.25, -0.2) is 4.39 Å². The third-order valence-electron chi connectivity index (χ3n) is 5.44. The van der Waals surface area contributed by atoms with Crippen molar-refractivity contribution in [3.63, 3.8) is 0 Å². The summed E-state index contributed by atoms with van der Waals surface area (Å²) in [7, 11) is 0. The zero-order chi connectivity index (χ0) is 23.8. The number of hydrogen-bond acceptors (Lipinski definition) is 4. The van der Waals surface area contributed by atoms with Crippen LogP contribution >= 0.6 is 66.7 Å². The fourth-order valence-corrected chi connectivity index (χ4v) is 5.30. The van der Waals surface area contributed by atoms with Crippen molar-refractivity contribution in [2.24, 2.45) is 17.3 Å². The third-order valence-corrected chi connectivity index (χ3v) is 9.06. The number of hydrogen-bond donors (Lipinski definition) is 0. The van der Waals surface area contributed by atoms with Crippen LogP contribution in [0.1, 0.15) is 25.5 Å². The van der Waals surface area contributed by atoms with E-state index in [1.54, 1.807) is 24.3 Å². The maximum Gasteiger partial charge on any atom is 0.311 e. The summed E-state index contributed by atoms with van der Waals surface area (Å²) < 4.78 is 24.0. The Hall–Kier alpha value is -1.04. The molecule has 32 heavy (non-hydrogen) atoms. The van der Waals surface area contributed by atoms with Crippen LogP contribution in [0.4, 0.5) is 4.39 Å². The summed E-state index contributed by atoms with van der Waals surface area (Å²) in [4.78, 5) is 12.4. The molecule has 0 bridgehead atoms. The van der Waals surface area contributed by atoms with Crippen LogP contribution in [0.3, 0.4) is 0 Å². The van der Waals surface area contributed by atoms with Crippen molar-refractivity contribution >= 4 is 72.6 Å². The molecule has 0 amide bonds. The summed E-state index contributed by atoms with van der Waals surface area (Å²) >= 11 is 24.7. The Morgan fingerprint density at radius 2 is 1.88 bits per heavy atom. The number of halogens is 6. The number of nitrogens with zero attached hydrogens (tertiary/aromatic N) is 1. The lowest BCUT2D eigenvalue weighted by Crippen LogP contribution is -2.24. The number of carbonyl (C=O) groups is 1. The summed E-state index contributed by atoms with van der Waals surface area (Å²) in [5.41, 5.74) is -0.166. The summed E-state index contributed by atoms with van der Waals surface area (Å²) in [5, 5.41) is 10.1. The second-order valence-electron chi connectivity index (χ2n) is 7.96. The zero-order valence-corrected chi connectivity index (χ0v) is 22.2. The van der Waals surface area contributed by atoms with E-state index in [1.165, 1.54) is 12.1 Å². The second kappa shape index (κ2) is 9.68. The molecule has 0 aromatic heterocycles. The molecule has 4 nitrogen and oxygen atoms in total. The fraction of sp³-hybridized carbons (Fsp3) is 0.364. The predicted octanol–water partition coefficient (Wildman–Crippen LogP) is 7.94. The predicted molar refractivity (Wildman–Crippen MR) is 129 cm³/mol. The molecule has 0 radical (unpaired) electrons. The maximum absolute atomic E-state index is 14.3. The molecular formula is C22H17Br2Cl3FNO3. The van der Waals surface area contributed by atoms with E-state index < -0.39 is 37.3 Å². The van der Waals surface area contributed by atoms with Crippen molar-refractivity contribution < 1.29 is 18.7 Å². The van der Waals surface area contributed by atoms with Crippen LogP contribution in [0.5, 0.6) is 11.5 Å². The molecule has 2 unspecified atom stereocenters. The van der Waals surface area contributed by atoms with Gasteiger partial charge < -0.3 is 9.47 Å². The van der Waals surface area contributed by atoms with Crippen LogP contribution in [0.25, 0.3) is 0 Å². The van der Waals surface area contributed by atoms with E-state index in [1.807, 2.05) is 19.9 Å². The van der Waals surface area contributed by atoms with Gasteiger partial charge in [-0.2, -0.15) is 5.26 Å². The van der Waals surface area contributed by atoms with Gasteiger partial charge in [0.25, 0.3) is 0 Å². The van der Waals surface area contributed by atoms with Gasteiger partial charge in [-0.1, -0.05) is 70.6 Å². The minimum Gasteiger partial charge on any atom is -0.454 e. The highest BCUT2D eigenvalue weighted by molar-refractivity contribution is 9.13. The van der Waals surface area contributed by atoms with Gasteiger partial charge in [0, 0.05) is 10.6 Å². The first kappa shape index (κ1) is 25.6. The number of rotatable bonds is 7. The Morgan fingerprint density at radius 3 is 2.44 bits per heavy atom. The molecule has 1 aliphatic rings. The molecule has 1 fully saturated rings. The second-order valence-corrected chi connectivity index (χ2v) is 12.9. The number of nitriles is 1. The van der Waals surface area contributed by atoms with Gasteiger partial charge in [0.05, 0.1) is 10.7 Å². The number of benzene rings is 2. The fourth-order valence-electron chi connectivity index (χ4n) is 3.63. The van der Waals surface area contributed by atoms with E-state index >= 15 is 0 Å². The van der Waals surface area contributed by atoms with Crippen molar-refractivity contribution in [2.75, 3.05) is 0 Å². The molecule has 1 saturated carbocycles. The summed E-state index contributed by atoms with van der Waals surface area (Å²) in [6.45, 7) is 3.78. The minimum atomic E-state index is -1.27. The topological polar surface area (TPSA) is 59.3 Å². The molecule has 4 atom stereocenters. The van der Waals surface area contributed by atoms with Gasteiger partial charge in [-0.15, -0.1) is 0 Å². The highest BCUT2D eigenvalue weighted by Crippen LogP contribution is 2.65. The largest absolute Gasteiger partial charge is 0.454 e. The minimum absolute atomic E-state index is 0.111. The van der Waals surface area contributed by atoms with E-state index in [0.717, 1.165) is 6.07 Å². The number of alkyl halides is 4. The first-order valence-corrected chi connectivity index (χ1v) is 12.2. The molecule has 0 saturated heterocycles. The smallest absolute Gasteiger partial charge is 0.311 e. The first-order valence-electron chi connectivity index (χ1n) is 9.40. The molecule has 0 aliphatic heterocycles. The highest BCUT2D eigenvalue weighted by Gasteiger charge is 2.67. The van der Waals surface area contributed by atoms with Crippen LogP contribution < -0.4 is 4.74 Å². The Kier molecular flexibility index (Phi) is 7.73. The Bertz CT molecular complexity index is 1050. The van der Waals surface area contributed by atoms with Gasteiger partial charge in [0.2, 0.25) is 6.10 Å². The lowest BCUT2D eigenvalue weighted by Gasteiger charge is -2.20. The van der Waals surface area contributed by atoms with Crippen LogP contribution in [0, 0.1) is 34.4 Å². The van der Waals surface area contributed by atoms with E-state index in [2.05, 4.69) is 31.9 Å². The molecular weight excluding hydrogens is 611 g/mol. The van der Waals surface area contributed by atoms with Crippen molar-refractivity contribution in [1.82, 2.24) is 0 Å². The van der Waals surface area contributed by atoms with Crippen LogP contribution in [-0.2, 0) is 9.53 Å². The standard InChI is InChI=1S/C22H17Br2Cl3FNO3/c1-21(2)17(19(23)22(24,26)27)18(21)20(30)32-16(10-29)11-3-8-14(28)15(9-11)31-13-6-4-12(25)5-7-13/h3-9,16-19H,1-2H3/t16?,17-,18+,19?/m1/s1. The molecule has 0 N–H and O–H groups in total. The van der Waals surface area contributed by atoms with Crippen molar-refractivity contribution in [1.29, 1.82) is 5.26 Å². The molecule has 2 aromatic carbocycles. The summed E-state index contributed by atoms with van der Waals surface area (Å²) in [6, 6.07) is 12.2. The summed E-state index contributed by atoms with van der Waals surface area (Å²) in [5.74, 6) is -1.69. The van der Waals surface area contributed by atoms with Gasteiger partial charge in [0.15, 0.2) is 14.8 Å². The highest BCUT2D eigenvalue weighted by atomic mass is 79.9. The average Bonchev–Trinajstić information content (AvgIpc) is 3.29.